The molecule has 0 aromatic heterocycles. The number of likely N-dealkylation sites (tertiary alicyclic amines) is 1. The zero-order chi connectivity index (χ0) is 30.9. The van der Waals surface area contributed by atoms with Gasteiger partial charge in [-0.05, 0) is 62.9 Å². The zero-order valence-electron chi connectivity index (χ0n) is 28.9. The smallest absolute Gasteiger partial charge is 0.115 e. The molecule has 0 bridgehead atoms. The van der Waals surface area contributed by atoms with Gasteiger partial charge in [0, 0.05) is 24.5 Å². The molecule has 0 amide bonds. The van der Waals surface area contributed by atoms with Crippen LogP contribution in [0.4, 0.5) is 0 Å². The van der Waals surface area contributed by atoms with Gasteiger partial charge in [-0.2, -0.15) is 0 Å². The highest BCUT2D eigenvalue weighted by Crippen LogP contribution is 2.34. The summed E-state index contributed by atoms with van der Waals surface area (Å²) in [6.07, 6.45) is -2.94. The third-order valence-electron chi connectivity index (χ3n) is 3.78. The predicted molar refractivity (Wildman–Crippen MR) is 101 cm³/mol. The third kappa shape index (κ3) is 3.83. The highest BCUT2D eigenvalue weighted by molar-refractivity contribution is 6.30. The second-order valence-corrected chi connectivity index (χ2v) is 5.80. The van der Waals surface area contributed by atoms with E-state index in [0.29, 0.717) is 0 Å². The summed E-state index contributed by atoms with van der Waals surface area (Å²) in [5, 5.41) is -0.597. The number of benzene rings is 2. The Bertz CT molecular complexity index is 1220. The van der Waals surface area contributed by atoms with Crippen molar-refractivity contribution in [2.24, 2.45) is 0 Å². The second kappa shape index (κ2) is 7.69. The first-order chi connectivity index (χ1) is 18.0. The van der Waals surface area contributed by atoms with Gasteiger partial charge in [0.25, 0.3) is 0 Å². The van der Waals surface area contributed by atoms with Gasteiger partial charge >= 0.3 is 0 Å². The van der Waals surface area contributed by atoms with E-state index in [9.17, 15) is 0 Å². The summed E-state index contributed by atoms with van der Waals surface area (Å²) in [5.41, 5.74) is -4.28. The predicted octanol–water partition coefficient (Wildman–Crippen LogP) is 5.10. The fraction of sp³-hybridized carbons (Fsp3) is 0.429. The average molecular weight is 360 g/mol. The average Bonchev–Trinajstić information content (AvgIpc) is 3.35. The molecule has 1 aliphatic rings. The standard InChI is InChI=1S/C21H26ClNO/c1-21(17-7-4-3-5-8-17,18-10-12-19(22)13-11-18)24-16-14-20-9-6-15-23(20)2/h3-5,7-8,10-13,20H,6,9,14-16H2,1-2H3/t20-,21+/m0/s1/i2D3,3D,4D,5D,7D,8D,10D,11D,12D,13D,14D2,16D2. The molecule has 0 spiro atoms. The minimum Gasteiger partial charge on any atom is -0.366 e. The van der Waals surface area contributed by atoms with Crippen LogP contribution >= 0.6 is 11.6 Å². The molecule has 3 rings (SSSR count). The van der Waals surface area contributed by atoms with Crippen LogP contribution in [0.15, 0.2) is 54.4 Å². The lowest BCUT2D eigenvalue weighted by molar-refractivity contribution is -0.0117. The van der Waals surface area contributed by atoms with Gasteiger partial charge < -0.3 is 9.64 Å². The Morgan fingerprint density at radius 3 is 2.67 bits per heavy atom. The topological polar surface area (TPSA) is 12.5 Å². The van der Waals surface area contributed by atoms with Gasteiger partial charge in [-0.15, -0.1) is 0 Å². The van der Waals surface area contributed by atoms with Crippen LogP contribution in [0.25, 0.3) is 0 Å². The van der Waals surface area contributed by atoms with Gasteiger partial charge in [-0.3, -0.25) is 0 Å². The number of ether oxygens (including phenoxy) is 1. The lowest BCUT2D eigenvalue weighted by Gasteiger charge is -2.32. The molecule has 128 valence electrons. The van der Waals surface area contributed by atoms with E-state index in [0.717, 1.165) is 11.8 Å². The SMILES string of the molecule is [2H]c1c([2H])c([2H])c([C@@](C)(OC([2H])([2H])C([2H])([2H])[C@@H]2CCCN2C([2H])([2H])[2H])c2c([2H])c([2H])c(Cl)c([2H])c2[2H])c([2H])c1[2H]. The molecule has 0 saturated carbocycles. The molecule has 2 nitrogen and oxygen atoms in total. The molecule has 0 radical (unpaired) electrons. The first-order valence-corrected chi connectivity index (χ1v) is 7.72. The van der Waals surface area contributed by atoms with Crippen molar-refractivity contribution in [3.05, 3.63) is 70.5 Å². The normalized spacial score (nSPS) is 32.2. The van der Waals surface area contributed by atoms with E-state index in [-0.39, 0.29) is 19.4 Å². The highest BCUT2D eigenvalue weighted by Gasteiger charge is 2.30. The molecule has 2 atom stereocenters. The molecule has 0 N–H and O–H groups in total. The van der Waals surface area contributed by atoms with Gasteiger partial charge in [0.1, 0.15) is 5.60 Å². The molecular formula is C21H26ClNO. The van der Waals surface area contributed by atoms with Crippen molar-refractivity contribution >= 4 is 11.6 Å². The fourth-order valence-corrected chi connectivity index (χ4v) is 2.46. The van der Waals surface area contributed by atoms with E-state index in [1.807, 2.05) is 0 Å². The molecule has 1 saturated heterocycles. The largest absolute Gasteiger partial charge is 0.366 e. The number of hydrogen-bond acceptors (Lipinski definition) is 2. The van der Waals surface area contributed by atoms with Gasteiger partial charge in [0.05, 0.1) is 15.1 Å². The third-order valence-corrected chi connectivity index (χ3v) is 3.97. The molecule has 24 heavy (non-hydrogen) atoms. The Balaban J connectivity index is 2.40. The maximum Gasteiger partial charge on any atom is 0.115 e. The molecule has 0 aliphatic carbocycles. The van der Waals surface area contributed by atoms with Crippen molar-refractivity contribution < 1.29 is 26.7 Å². The van der Waals surface area contributed by atoms with Crippen LogP contribution < -0.4 is 0 Å². The highest BCUT2D eigenvalue weighted by atomic mass is 35.5. The minimum atomic E-state index is -3.48. The van der Waals surface area contributed by atoms with Crippen LogP contribution in [0, 0.1) is 0 Å². The van der Waals surface area contributed by atoms with Crippen molar-refractivity contribution in [2.75, 3.05) is 20.1 Å². The molecule has 1 aliphatic heterocycles. The van der Waals surface area contributed by atoms with Crippen LogP contribution in [0.5, 0.6) is 0 Å². The lowest BCUT2D eigenvalue weighted by Crippen LogP contribution is -2.31. The van der Waals surface area contributed by atoms with Crippen LogP contribution in [-0.2, 0) is 10.3 Å². The quantitative estimate of drug-likeness (QED) is 0.711. The maximum absolute atomic E-state index is 8.69. The maximum atomic E-state index is 8.69. The van der Waals surface area contributed by atoms with Crippen molar-refractivity contribution in [1.29, 1.82) is 0 Å². The molecule has 1 fully saturated rings. The summed E-state index contributed by atoms with van der Waals surface area (Å²) in [6.45, 7) is -5.37. The molecule has 3 heteroatoms. The van der Waals surface area contributed by atoms with Crippen molar-refractivity contribution in [1.82, 2.24) is 4.90 Å². The molecule has 0 unspecified atom stereocenters. The summed E-state index contributed by atoms with van der Waals surface area (Å²) in [6, 6.07) is -9.23. The van der Waals surface area contributed by atoms with E-state index in [4.69, 9.17) is 38.3 Å². The monoisotopic (exact) mass is 359 g/mol. The van der Waals surface area contributed by atoms with Crippen LogP contribution in [0.3, 0.4) is 0 Å². The van der Waals surface area contributed by atoms with Gasteiger partial charge in [-0.1, -0.05) is 53.9 Å². The first-order valence-electron chi connectivity index (χ1n) is 15.3. The molecular weight excluding hydrogens is 318 g/mol. The van der Waals surface area contributed by atoms with Crippen molar-refractivity contribution in [3.63, 3.8) is 0 Å². The number of hydrogen-bond donors (Lipinski definition) is 0. The Morgan fingerprint density at radius 2 is 1.96 bits per heavy atom. The summed E-state index contributed by atoms with van der Waals surface area (Å²) in [4.78, 5) is 0.813. The van der Waals surface area contributed by atoms with Crippen molar-refractivity contribution in [2.45, 2.75) is 37.8 Å². The first kappa shape index (κ1) is 6.42. The van der Waals surface area contributed by atoms with Gasteiger partial charge in [-0.25, -0.2) is 0 Å². The van der Waals surface area contributed by atoms with E-state index < -0.39 is 102 Å². The van der Waals surface area contributed by atoms with E-state index in [2.05, 4.69) is 0 Å². The Hall–Kier alpha value is -1.35. The fourth-order valence-electron chi connectivity index (χ4n) is 2.37. The number of nitrogens with zero attached hydrogens (tertiary/aromatic N) is 1. The van der Waals surface area contributed by atoms with E-state index in [1.165, 1.54) is 0 Å². The summed E-state index contributed by atoms with van der Waals surface area (Å²) >= 11 is 5.93. The Kier molecular flexibility index (Phi) is 2.06. The van der Waals surface area contributed by atoms with Gasteiger partial charge in [0.2, 0.25) is 0 Å². The Labute approximate surface area is 172 Å². The second-order valence-electron chi connectivity index (χ2n) is 5.42. The van der Waals surface area contributed by atoms with Crippen molar-refractivity contribution in [3.8, 4) is 0 Å². The minimum absolute atomic E-state index is 0.0630. The lowest BCUT2D eigenvalue weighted by atomic mass is 9.88. The van der Waals surface area contributed by atoms with Crippen LogP contribution in [0.2, 0.25) is 5.02 Å². The van der Waals surface area contributed by atoms with Crippen LogP contribution in [0.1, 0.15) is 59.2 Å². The summed E-state index contributed by atoms with van der Waals surface area (Å²) < 4.78 is 138. The Morgan fingerprint density at radius 1 is 1.25 bits per heavy atom. The molecule has 2 aromatic rings. The molecule has 1 heterocycles. The van der Waals surface area contributed by atoms with Crippen LogP contribution in [-0.4, -0.2) is 31.0 Å². The zero-order valence-corrected chi connectivity index (χ0v) is 13.7. The number of rotatable bonds is 6. The van der Waals surface area contributed by atoms with E-state index in [1.54, 1.807) is 0 Å². The van der Waals surface area contributed by atoms with E-state index >= 15 is 0 Å². The summed E-state index contributed by atoms with van der Waals surface area (Å²) in [5.74, 6) is 0. The summed E-state index contributed by atoms with van der Waals surface area (Å²) in [7, 11) is 0. The molecule has 2 aromatic carbocycles. The van der Waals surface area contributed by atoms with Gasteiger partial charge in [0.15, 0.2) is 0 Å². The number of halogens is 1.